The number of anilines is 1. The quantitative estimate of drug-likeness (QED) is 0.750. The second-order valence-corrected chi connectivity index (χ2v) is 5.40. The molecule has 0 heterocycles. The Labute approximate surface area is 122 Å². The van der Waals surface area contributed by atoms with E-state index in [-0.39, 0.29) is 18.4 Å². The Morgan fingerprint density at radius 2 is 2.15 bits per heavy atom. The molecule has 1 aliphatic rings. The molecule has 108 valence electrons. The molecule has 0 radical (unpaired) electrons. The molecule has 1 atom stereocenters. The van der Waals surface area contributed by atoms with Crippen molar-refractivity contribution in [1.82, 2.24) is 5.32 Å². The molecule has 5 nitrogen and oxygen atoms in total. The monoisotopic (exact) mass is 296 g/mol. The van der Waals surface area contributed by atoms with Crippen LogP contribution in [-0.4, -0.2) is 29.6 Å². The highest BCUT2D eigenvalue weighted by atomic mass is 35.5. The minimum Gasteiger partial charge on any atom is -0.480 e. The van der Waals surface area contributed by atoms with Crippen molar-refractivity contribution in [3.63, 3.8) is 0 Å². The van der Waals surface area contributed by atoms with Gasteiger partial charge >= 0.3 is 5.97 Å². The third-order valence-corrected chi connectivity index (χ3v) is 3.79. The summed E-state index contributed by atoms with van der Waals surface area (Å²) in [6, 6.07) is 4.62. The van der Waals surface area contributed by atoms with E-state index >= 15 is 0 Å². The number of carbonyl (C=O) groups is 2. The summed E-state index contributed by atoms with van der Waals surface area (Å²) in [5, 5.41) is 15.2. The molecular weight excluding hydrogens is 280 g/mol. The summed E-state index contributed by atoms with van der Waals surface area (Å²) in [5.41, 5.74) is 1.43. The topological polar surface area (TPSA) is 78.4 Å². The van der Waals surface area contributed by atoms with Gasteiger partial charge in [0.15, 0.2) is 0 Å². The Morgan fingerprint density at radius 1 is 1.45 bits per heavy atom. The lowest BCUT2D eigenvalue weighted by atomic mass is 10.2. The number of carbonyl (C=O) groups excluding carboxylic acids is 1. The number of carboxylic acid groups (broad SMARTS) is 1. The standard InChI is InChI=1S/C14H17ClN2O3/c1-8-10(15)3-2-4-11(8)17-12(18)7-16-13(14(19)20)9-5-6-9/h2-4,9,13,16H,5-7H2,1H3,(H,17,18)(H,19,20). The van der Waals surface area contributed by atoms with Crippen molar-refractivity contribution < 1.29 is 14.7 Å². The Kier molecular flexibility index (Phi) is 4.62. The average Bonchev–Trinajstić information content (AvgIpc) is 3.19. The van der Waals surface area contributed by atoms with Gasteiger partial charge in [-0.2, -0.15) is 0 Å². The molecule has 1 aromatic carbocycles. The summed E-state index contributed by atoms with van der Waals surface area (Å²) >= 11 is 5.97. The molecule has 1 aromatic rings. The molecule has 1 amide bonds. The lowest BCUT2D eigenvalue weighted by Crippen LogP contribution is -2.42. The van der Waals surface area contributed by atoms with Gasteiger partial charge < -0.3 is 10.4 Å². The Hall–Kier alpha value is -1.59. The highest BCUT2D eigenvalue weighted by Gasteiger charge is 2.36. The molecule has 0 spiro atoms. The number of halogens is 1. The fraction of sp³-hybridized carbons (Fsp3) is 0.429. The predicted molar refractivity (Wildman–Crippen MR) is 77.0 cm³/mol. The molecule has 0 aromatic heterocycles. The number of rotatable bonds is 6. The van der Waals surface area contributed by atoms with Crippen LogP contribution in [0.1, 0.15) is 18.4 Å². The van der Waals surface area contributed by atoms with Crippen molar-refractivity contribution in [2.75, 3.05) is 11.9 Å². The van der Waals surface area contributed by atoms with E-state index < -0.39 is 12.0 Å². The van der Waals surface area contributed by atoms with Crippen LogP contribution in [0.2, 0.25) is 5.02 Å². The fourth-order valence-electron chi connectivity index (χ4n) is 2.03. The number of hydrogen-bond donors (Lipinski definition) is 3. The molecule has 6 heteroatoms. The van der Waals surface area contributed by atoms with E-state index in [9.17, 15) is 9.59 Å². The maximum Gasteiger partial charge on any atom is 0.320 e. The Morgan fingerprint density at radius 3 is 2.75 bits per heavy atom. The smallest absolute Gasteiger partial charge is 0.320 e. The van der Waals surface area contributed by atoms with Gasteiger partial charge in [-0.15, -0.1) is 0 Å². The lowest BCUT2D eigenvalue weighted by Gasteiger charge is -2.14. The minimum absolute atomic E-state index is 0.0284. The van der Waals surface area contributed by atoms with Crippen molar-refractivity contribution in [2.24, 2.45) is 5.92 Å². The van der Waals surface area contributed by atoms with E-state index in [0.717, 1.165) is 18.4 Å². The summed E-state index contributed by atoms with van der Waals surface area (Å²) in [6.07, 6.45) is 1.80. The zero-order valence-electron chi connectivity index (χ0n) is 11.1. The molecule has 0 saturated heterocycles. The molecule has 1 fully saturated rings. The molecule has 1 saturated carbocycles. The minimum atomic E-state index is -0.903. The maximum absolute atomic E-state index is 11.8. The molecule has 3 N–H and O–H groups in total. The van der Waals surface area contributed by atoms with Crippen LogP contribution in [0.4, 0.5) is 5.69 Å². The molecular formula is C14H17ClN2O3. The number of hydrogen-bond acceptors (Lipinski definition) is 3. The number of carboxylic acids is 1. The Bertz CT molecular complexity index is 529. The molecule has 20 heavy (non-hydrogen) atoms. The fourth-order valence-corrected chi connectivity index (χ4v) is 2.20. The third kappa shape index (κ3) is 3.71. The van der Waals surface area contributed by atoms with Crippen molar-refractivity contribution in [2.45, 2.75) is 25.8 Å². The first-order chi connectivity index (χ1) is 9.49. The van der Waals surface area contributed by atoms with Crippen molar-refractivity contribution >= 4 is 29.2 Å². The first-order valence-electron chi connectivity index (χ1n) is 6.50. The van der Waals surface area contributed by atoms with Gasteiger partial charge in [-0.25, -0.2) is 0 Å². The van der Waals surface area contributed by atoms with E-state index in [1.54, 1.807) is 18.2 Å². The molecule has 1 aliphatic carbocycles. The van der Waals surface area contributed by atoms with Gasteiger partial charge in [-0.1, -0.05) is 17.7 Å². The SMILES string of the molecule is Cc1c(Cl)cccc1NC(=O)CNC(C(=O)O)C1CC1. The van der Waals surface area contributed by atoms with Gasteiger partial charge in [0.1, 0.15) is 6.04 Å². The maximum atomic E-state index is 11.8. The van der Waals surface area contributed by atoms with Crippen LogP contribution in [-0.2, 0) is 9.59 Å². The van der Waals surface area contributed by atoms with E-state index in [0.29, 0.717) is 10.7 Å². The van der Waals surface area contributed by atoms with Crippen LogP contribution in [0.15, 0.2) is 18.2 Å². The summed E-state index contributed by atoms with van der Waals surface area (Å²) in [6.45, 7) is 1.79. The Balaban J connectivity index is 1.89. The highest BCUT2D eigenvalue weighted by Crippen LogP contribution is 2.32. The van der Waals surface area contributed by atoms with E-state index in [1.165, 1.54) is 0 Å². The molecule has 1 unspecified atom stereocenters. The first-order valence-corrected chi connectivity index (χ1v) is 6.88. The van der Waals surface area contributed by atoms with E-state index in [4.69, 9.17) is 16.7 Å². The average molecular weight is 297 g/mol. The normalized spacial score (nSPS) is 15.7. The van der Waals surface area contributed by atoms with E-state index in [2.05, 4.69) is 10.6 Å². The van der Waals surface area contributed by atoms with Gasteiger partial charge in [-0.3, -0.25) is 14.9 Å². The molecule has 2 rings (SSSR count). The van der Waals surface area contributed by atoms with Crippen molar-refractivity contribution in [3.8, 4) is 0 Å². The first kappa shape index (κ1) is 14.8. The number of nitrogens with one attached hydrogen (secondary N) is 2. The lowest BCUT2D eigenvalue weighted by molar-refractivity contribution is -0.140. The second kappa shape index (κ2) is 6.24. The molecule has 0 aliphatic heterocycles. The second-order valence-electron chi connectivity index (χ2n) is 4.99. The van der Waals surface area contributed by atoms with Crippen LogP contribution < -0.4 is 10.6 Å². The van der Waals surface area contributed by atoms with Crippen LogP contribution in [0.3, 0.4) is 0 Å². The van der Waals surface area contributed by atoms with Gasteiger partial charge in [-0.05, 0) is 43.4 Å². The van der Waals surface area contributed by atoms with Crippen LogP contribution in [0, 0.1) is 12.8 Å². The highest BCUT2D eigenvalue weighted by molar-refractivity contribution is 6.31. The van der Waals surface area contributed by atoms with Crippen molar-refractivity contribution in [3.05, 3.63) is 28.8 Å². The molecule has 0 bridgehead atoms. The van der Waals surface area contributed by atoms with Crippen LogP contribution in [0.25, 0.3) is 0 Å². The number of benzene rings is 1. The predicted octanol–water partition coefficient (Wildman–Crippen LogP) is 2.04. The summed E-state index contributed by atoms with van der Waals surface area (Å²) < 4.78 is 0. The van der Waals surface area contributed by atoms with Gasteiger partial charge in [0, 0.05) is 10.7 Å². The van der Waals surface area contributed by atoms with Crippen LogP contribution >= 0.6 is 11.6 Å². The summed E-state index contributed by atoms with van der Waals surface area (Å²) in [7, 11) is 0. The number of aliphatic carboxylic acids is 1. The third-order valence-electron chi connectivity index (χ3n) is 3.38. The van der Waals surface area contributed by atoms with Gasteiger partial charge in [0.2, 0.25) is 5.91 Å². The summed E-state index contributed by atoms with van der Waals surface area (Å²) in [5.74, 6) is -1.03. The summed E-state index contributed by atoms with van der Waals surface area (Å²) in [4.78, 5) is 22.9. The van der Waals surface area contributed by atoms with Gasteiger partial charge in [0.05, 0.1) is 6.54 Å². The zero-order valence-corrected chi connectivity index (χ0v) is 11.9. The zero-order chi connectivity index (χ0) is 14.7. The van der Waals surface area contributed by atoms with Gasteiger partial charge in [0.25, 0.3) is 0 Å². The number of amides is 1. The van der Waals surface area contributed by atoms with E-state index in [1.807, 2.05) is 6.92 Å². The van der Waals surface area contributed by atoms with Crippen LogP contribution in [0.5, 0.6) is 0 Å². The van der Waals surface area contributed by atoms with Crippen molar-refractivity contribution in [1.29, 1.82) is 0 Å². The largest absolute Gasteiger partial charge is 0.480 e.